The van der Waals surface area contributed by atoms with Crippen molar-refractivity contribution in [1.29, 1.82) is 0 Å². The number of rotatable bonds is 5. The zero-order valence-corrected chi connectivity index (χ0v) is 9.29. The zero-order valence-electron chi connectivity index (χ0n) is 9.29. The Labute approximate surface area is 94.3 Å². The Hall–Kier alpha value is -1.42. The predicted octanol–water partition coefficient (Wildman–Crippen LogP) is 2.24. The van der Waals surface area contributed by atoms with Gasteiger partial charge in [0, 0.05) is 13.0 Å². The number of halogens is 1. The van der Waals surface area contributed by atoms with E-state index in [0.717, 1.165) is 0 Å². The molecule has 3 nitrogen and oxygen atoms in total. The minimum atomic E-state index is -0.421. The molecule has 1 aromatic rings. The molecule has 0 heterocycles. The lowest BCUT2D eigenvalue weighted by Gasteiger charge is -2.08. The van der Waals surface area contributed by atoms with E-state index in [1.807, 2.05) is 0 Å². The Morgan fingerprint density at radius 1 is 1.44 bits per heavy atom. The van der Waals surface area contributed by atoms with Crippen LogP contribution in [0.1, 0.15) is 24.8 Å². The SMILES string of the molecule is Cc1cccc(F)c1NC(=O)CCCCO. The number of hydrogen-bond acceptors (Lipinski definition) is 2. The summed E-state index contributed by atoms with van der Waals surface area (Å²) in [5.74, 6) is -0.642. The van der Waals surface area contributed by atoms with E-state index in [9.17, 15) is 9.18 Å². The second kappa shape index (κ2) is 6.23. The number of benzene rings is 1. The Morgan fingerprint density at radius 3 is 2.81 bits per heavy atom. The molecule has 0 aliphatic heterocycles. The van der Waals surface area contributed by atoms with E-state index >= 15 is 0 Å². The van der Waals surface area contributed by atoms with Crippen molar-refractivity contribution in [3.8, 4) is 0 Å². The van der Waals surface area contributed by atoms with E-state index in [0.29, 0.717) is 24.8 Å². The van der Waals surface area contributed by atoms with Gasteiger partial charge in [0.05, 0.1) is 5.69 Å². The Balaban J connectivity index is 2.56. The monoisotopic (exact) mass is 225 g/mol. The van der Waals surface area contributed by atoms with Crippen LogP contribution in [-0.2, 0) is 4.79 Å². The minimum absolute atomic E-state index is 0.0754. The lowest BCUT2D eigenvalue weighted by Crippen LogP contribution is -2.13. The molecule has 1 aromatic carbocycles. The normalized spacial score (nSPS) is 10.2. The van der Waals surface area contributed by atoms with Crippen LogP contribution in [0, 0.1) is 12.7 Å². The van der Waals surface area contributed by atoms with Crippen LogP contribution in [0.25, 0.3) is 0 Å². The molecule has 0 atom stereocenters. The fraction of sp³-hybridized carbons (Fsp3) is 0.417. The van der Waals surface area contributed by atoms with Crippen LogP contribution >= 0.6 is 0 Å². The highest BCUT2D eigenvalue weighted by molar-refractivity contribution is 5.91. The average molecular weight is 225 g/mol. The molecule has 2 N–H and O–H groups in total. The summed E-state index contributed by atoms with van der Waals surface area (Å²) in [5.41, 5.74) is 0.951. The lowest BCUT2D eigenvalue weighted by atomic mass is 10.1. The number of hydrogen-bond donors (Lipinski definition) is 2. The van der Waals surface area contributed by atoms with E-state index < -0.39 is 5.82 Å². The summed E-state index contributed by atoms with van der Waals surface area (Å²) in [6, 6.07) is 4.66. The van der Waals surface area contributed by atoms with Gasteiger partial charge < -0.3 is 10.4 Å². The Morgan fingerprint density at radius 2 is 2.19 bits per heavy atom. The van der Waals surface area contributed by atoms with Crippen LogP contribution in [0.15, 0.2) is 18.2 Å². The summed E-state index contributed by atoms with van der Waals surface area (Å²) in [6.07, 6.45) is 1.49. The molecule has 0 radical (unpaired) electrons. The standard InChI is InChI=1S/C12H16FNO2/c1-9-5-4-6-10(13)12(9)14-11(16)7-2-3-8-15/h4-6,15H,2-3,7-8H2,1H3,(H,14,16). The first-order valence-electron chi connectivity index (χ1n) is 5.31. The molecule has 0 saturated heterocycles. The second-order valence-electron chi connectivity index (χ2n) is 3.66. The molecule has 0 aliphatic rings. The smallest absolute Gasteiger partial charge is 0.224 e. The molecule has 0 spiro atoms. The van der Waals surface area contributed by atoms with Crippen molar-refractivity contribution in [3.05, 3.63) is 29.6 Å². The van der Waals surface area contributed by atoms with Crippen LogP contribution in [0.4, 0.5) is 10.1 Å². The number of unbranched alkanes of at least 4 members (excludes halogenated alkanes) is 1. The van der Waals surface area contributed by atoms with Gasteiger partial charge in [-0.05, 0) is 31.4 Å². The van der Waals surface area contributed by atoms with Crippen molar-refractivity contribution < 1.29 is 14.3 Å². The highest BCUT2D eigenvalue weighted by atomic mass is 19.1. The van der Waals surface area contributed by atoms with Crippen molar-refractivity contribution >= 4 is 11.6 Å². The number of para-hydroxylation sites is 1. The fourth-order valence-corrected chi connectivity index (χ4v) is 1.39. The second-order valence-corrected chi connectivity index (χ2v) is 3.66. The maximum Gasteiger partial charge on any atom is 0.224 e. The van der Waals surface area contributed by atoms with Crippen molar-refractivity contribution in [1.82, 2.24) is 0 Å². The Kier molecular flexibility index (Phi) is 4.92. The third-order valence-corrected chi connectivity index (χ3v) is 2.30. The third kappa shape index (κ3) is 3.62. The van der Waals surface area contributed by atoms with Crippen molar-refractivity contribution in [2.24, 2.45) is 0 Å². The molecule has 0 aliphatic carbocycles. The van der Waals surface area contributed by atoms with Gasteiger partial charge in [-0.3, -0.25) is 4.79 Å². The van der Waals surface area contributed by atoms with Gasteiger partial charge in [0.15, 0.2) is 0 Å². The van der Waals surface area contributed by atoms with Gasteiger partial charge in [-0.2, -0.15) is 0 Å². The summed E-state index contributed by atoms with van der Waals surface area (Å²) < 4.78 is 13.3. The summed E-state index contributed by atoms with van der Waals surface area (Å²) in [4.78, 5) is 11.4. The number of carbonyl (C=O) groups excluding carboxylic acids is 1. The minimum Gasteiger partial charge on any atom is -0.396 e. The summed E-state index contributed by atoms with van der Waals surface area (Å²) >= 11 is 0. The summed E-state index contributed by atoms with van der Waals surface area (Å²) in [6.45, 7) is 1.82. The first-order chi connectivity index (χ1) is 7.65. The van der Waals surface area contributed by atoms with Gasteiger partial charge in [-0.25, -0.2) is 4.39 Å². The number of aliphatic hydroxyl groups is 1. The number of carbonyl (C=O) groups is 1. The van der Waals surface area contributed by atoms with E-state index in [-0.39, 0.29) is 18.2 Å². The quantitative estimate of drug-likeness (QED) is 0.755. The maximum absolute atomic E-state index is 13.3. The number of nitrogens with one attached hydrogen (secondary N) is 1. The van der Waals surface area contributed by atoms with Crippen molar-refractivity contribution in [3.63, 3.8) is 0 Å². The molecule has 88 valence electrons. The van der Waals surface area contributed by atoms with Crippen LogP contribution in [0.3, 0.4) is 0 Å². The third-order valence-electron chi connectivity index (χ3n) is 2.30. The van der Waals surface area contributed by atoms with Gasteiger partial charge in [-0.15, -0.1) is 0 Å². The van der Waals surface area contributed by atoms with Crippen LogP contribution in [0.5, 0.6) is 0 Å². The Bertz CT molecular complexity index is 346. The topological polar surface area (TPSA) is 49.3 Å². The number of anilines is 1. The van der Waals surface area contributed by atoms with Gasteiger partial charge in [0.1, 0.15) is 5.82 Å². The first kappa shape index (κ1) is 12.6. The molecule has 4 heteroatoms. The molecule has 0 aromatic heterocycles. The molecule has 16 heavy (non-hydrogen) atoms. The summed E-state index contributed by atoms with van der Waals surface area (Å²) in [7, 11) is 0. The van der Waals surface area contributed by atoms with Crippen LogP contribution < -0.4 is 5.32 Å². The van der Waals surface area contributed by atoms with E-state index in [1.54, 1.807) is 19.1 Å². The van der Waals surface area contributed by atoms with Gasteiger partial charge >= 0.3 is 0 Å². The first-order valence-corrected chi connectivity index (χ1v) is 5.31. The van der Waals surface area contributed by atoms with E-state index in [2.05, 4.69) is 5.32 Å². The molecular weight excluding hydrogens is 209 g/mol. The zero-order chi connectivity index (χ0) is 12.0. The van der Waals surface area contributed by atoms with Gasteiger partial charge in [0.2, 0.25) is 5.91 Å². The molecular formula is C12H16FNO2. The molecule has 0 fully saturated rings. The number of amides is 1. The van der Waals surface area contributed by atoms with Gasteiger partial charge in [0.25, 0.3) is 0 Å². The molecule has 0 saturated carbocycles. The van der Waals surface area contributed by atoms with Crippen molar-refractivity contribution in [2.75, 3.05) is 11.9 Å². The lowest BCUT2D eigenvalue weighted by molar-refractivity contribution is -0.116. The van der Waals surface area contributed by atoms with Crippen LogP contribution in [0.2, 0.25) is 0 Å². The average Bonchev–Trinajstić information content (AvgIpc) is 2.24. The van der Waals surface area contributed by atoms with Crippen molar-refractivity contribution in [2.45, 2.75) is 26.2 Å². The summed E-state index contributed by atoms with van der Waals surface area (Å²) in [5, 5.41) is 11.1. The van der Waals surface area contributed by atoms with E-state index in [1.165, 1.54) is 6.07 Å². The highest BCUT2D eigenvalue weighted by Crippen LogP contribution is 2.18. The maximum atomic E-state index is 13.3. The largest absolute Gasteiger partial charge is 0.396 e. The predicted molar refractivity (Wildman–Crippen MR) is 60.7 cm³/mol. The number of aliphatic hydroxyl groups excluding tert-OH is 1. The molecule has 0 bridgehead atoms. The molecule has 1 amide bonds. The van der Waals surface area contributed by atoms with E-state index in [4.69, 9.17) is 5.11 Å². The van der Waals surface area contributed by atoms with Crippen LogP contribution in [-0.4, -0.2) is 17.6 Å². The fourth-order valence-electron chi connectivity index (χ4n) is 1.39. The highest BCUT2D eigenvalue weighted by Gasteiger charge is 2.08. The number of aryl methyl sites for hydroxylation is 1. The molecule has 1 rings (SSSR count). The van der Waals surface area contributed by atoms with Gasteiger partial charge in [-0.1, -0.05) is 12.1 Å². The molecule has 0 unspecified atom stereocenters.